The average Bonchev–Trinajstić information content (AvgIpc) is 2.92. The average molecular weight is 287 g/mol. The van der Waals surface area contributed by atoms with E-state index in [1.165, 1.54) is 28.1 Å². The molecule has 3 heteroatoms. The van der Waals surface area contributed by atoms with E-state index in [0.29, 0.717) is 16.8 Å². The number of thiazole rings is 1. The van der Waals surface area contributed by atoms with E-state index in [9.17, 15) is 5.11 Å². The number of aliphatic hydroxyl groups is 1. The fraction of sp³-hybridized carbons (Fsp3) is 0.353. The van der Waals surface area contributed by atoms with E-state index in [0.717, 1.165) is 11.3 Å². The van der Waals surface area contributed by atoms with Crippen LogP contribution in [-0.2, 0) is 0 Å². The molecule has 1 aliphatic rings. The first-order valence-corrected chi connectivity index (χ1v) is 7.63. The van der Waals surface area contributed by atoms with Gasteiger partial charge in [0.2, 0.25) is 0 Å². The van der Waals surface area contributed by atoms with Crippen LogP contribution >= 0.6 is 11.3 Å². The van der Waals surface area contributed by atoms with E-state index in [4.69, 9.17) is 0 Å². The van der Waals surface area contributed by atoms with Gasteiger partial charge in [0.25, 0.3) is 0 Å². The number of aromatic nitrogens is 1. The Kier molecular flexibility index (Phi) is 4.00. The van der Waals surface area contributed by atoms with Crippen LogP contribution in [0.2, 0.25) is 0 Å². The van der Waals surface area contributed by atoms with Gasteiger partial charge in [-0.15, -0.1) is 11.3 Å². The van der Waals surface area contributed by atoms with Crippen molar-refractivity contribution in [1.82, 2.24) is 4.98 Å². The van der Waals surface area contributed by atoms with E-state index in [2.05, 4.69) is 45.0 Å². The molecule has 0 saturated carbocycles. The molecule has 1 aromatic heterocycles. The van der Waals surface area contributed by atoms with Gasteiger partial charge in [0.15, 0.2) is 5.01 Å². The molecular formula is C17H21NOS. The molecule has 1 unspecified atom stereocenters. The normalized spacial score (nSPS) is 18.6. The molecule has 1 aliphatic carbocycles. The molecular weight excluding hydrogens is 266 g/mol. The lowest BCUT2D eigenvalue weighted by Gasteiger charge is -2.20. The van der Waals surface area contributed by atoms with Gasteiger partial charge in [-0.1, -0.05) is 38.2 Å². The van der Waals surface area contributed by atoms with Crippen molar-refractivity contribution >= 4 is 22.7 Å². The van der Waals surface area contributed by atoms with Gasteiger partial charge in [-0.05, 0) is 37.0 Å². The summed E-state index contributed by atoms with van der Waals surface area (Å²) in [7, 11) is 0. The van der Waals surface area contributed by atoms with Crippen LogP contribution in [0.15, 0.2) is 41.3 Å². The second-order valence-electron chi connectivity index (χ2n) is 5.68. The zero-order valence-electron chi connectivity index (χ0n) is 12.5. The van der Waals surface area contributed by atoms with Gasteiger partial charge in [0.05, 0.1) is 5.69 Å². The molecule has 1 aromatic rings. The highest BCUT2D eigenvalue weighted by atomic mass is 32.1. The van der Waals surface area contributed by atoms with Crippen LogP contribution in [0, 0.1) is 11.8 Å². The summed E-state index contributed by atoms with van der Waals surface area (Å²) in [4.78, 5) is 4.50. The number of rotatable bonds is 4. The maximum Gasteiger partial charge on any atom is 0.158 e. The summed E-state index contributed by atoms with van der Waals surface area (Å²) >= 11 is 1.43. The molecule has 1 N–H and O–H groups in total. The molecule has 2 nitrogen and oxygen atoms in total. The van der Waals surface area contributed by atoms with Gasteiger partial charge in [-0.3, -0.25) is 0 Å². The zero-order chi connectivity index (χ0) is 15.0. The Bertz CT molecular complexity index is 631. The third kappa shape index (κ3) is 2.50. The van der Waals surface area contributed by atoms with Crippen molar-refractivity contribution in [1.29, 1.82) is 0 Å². The molecule has 0 amide bonds. The zero-order valence-corrected chi connectivity index (χ0v) is 13.3. The van der Waals surface area contributed by atoms with Crippen LogP contribution < -0.4 is 0 Å². The van der Waals surface area contributed by atoms with Crippen molar-refractivity contribution in [2.24, 2.45) is 11.8 Å². The van der Waals surface area contributed by atoms with Gasteiger partial charge in [0, 0.05) is 11.3 Å². The van der Waals surface area contributed by atoms with Crippen molar-refractivity contribution in [2.45, 2.75) is 27.7 Å². The predicted octanol–water partition coefficient (Wildman–Crippen LogP) is 5.23. The molecule has 0 spiro atoms. The van der Waals surface area contributed by atoms with Crippen molar-refractivity contribution in [3.63, 3.8) is 0 Å². The number of hydrogen-bond donors (Lipinski definition) is 1. The Labute approximate surface area is 124 Å². The summed E-state index contributed by atoms with van der Waals surface area (Å²) in [5.41, 5.74) is 5.84. The number of aliphatic hydroxyl groups excluding tert-OH is 1. The predicted molar refractivity (Wildman–Crippen MR) is 87.6 cm³/mol. The molecule has 0 fully saturated rings. The molecule has 106 valence electrons. The van der Waals surface area contributed by atoms with Gasteiger partial charge in [-0.2, -0.15) is 0 Å². The van der Waals surface area contributed by atoms with E-state index in [1.54, 1.807) is 0 Å². The summed E-state index contributed by atoms with van der Waals surface area (Å²) < 4.78 is 0. The van der Waals surface area contributed by atoms with Crippen LogP contribution in [0.1, 0.15) is 38.4 Å². The molecule has 0 bridgehead atoms. The van der Waals surface area contributed by atoms with E-state index < -0.39 is 0 Å². The van der Waals surface area contributed by atoms with E-state index >= 15 is 0 Å². The van der Waals surface area contributed by atoms with Crippen LogP contribution in [0.4, 0.5) is 0 Å². The molecule has 1 atom stereocenters. The molecule has 0 aromatic carbocycles. The minimum absolute atomic E-state index is 0.0331. The fourth-order valence-electron chi connectivity index (χ4n) is 2.85. The van der Waals surface area contributed by atoms with E-state index in [-0.39, 0.29) is 5.76 Å². The summed E-state index contributed by atoms with van der Waals surface area (Å²) in [5.74, 6) is 0.898. The lowest BCUT2D eigenvalue weighted by molar-refractivity contribution is 0.513. The molecule has 0 saturated heterocycles. The largest absolute Gasteiger partial charge is 0.505 e. The van der Waals surface area contributed by atoms with Crippen LogP contribution in [-0.4, -0.2) is 10.1 Å². The third-order valence-electron chi connectivity index (χ3n) is 3.70. The summed E-state index contributed by atoms with van der Waals surface area (Å²) in [6.07, 6.45) is 2.20. The maximum atomic E-state index is 9.46. The smallest absolute Gasteiger partial charge is 0.158 e. The van der Waals surface area contributed by atoms with Crippen LogP contribution in [0.3, 0.4) is 0 Å². The summed E-state index contributed by atoms with van der Waals surface area (Å²) in [6.45, 7) is 16.3. The molecule has 0 aliphatic heterocycles. The van der Waals surface area contributed by atoms with Gasteiger partial charge in [-0.25, -0.2) is 4.98 Å². The highest BCUT2D eigenvalue weighted by Gasteiger charge is 2.30. The topological polar surface area (TPSA) is 33.1 Å². The lowest BCUT2D eigenvalue weighted by atomic mass is 9.84. The number of nitrogens with zero attached hydrogens (tertiary/aromatic N) is 1. The van der Waals surface area contributed by atoms with Gasteiger partial charge >= 0.3 is 0 Å². The van der Waals surface area contributed by atoms with Gasteiger partial charge < -0.3 is 5.11 Å². The van der Waals surface area contributed by atoms with Crippen molar-refractivity contribution < 1.29 is 5.11 Å². The molecule has 20 heavy (non-hydrogen) atoms. The molecule has 2 rings (SSSR count). The second-order valence-corrected chi connectivity index (χ2v) is 6.54. The van der Waals surface area contributed by atoms with Crippen molar-refractivity contribution in [3.05, 3.63) is 52.0 Å². The van der Waals surface area contributed by atoms with E-state index in [1.807, 2.05) is 12.3 Å². The Balaban J connectivity index is 2.47. The first-order chi connectivity index (χ1) is 9.32. The maximum absolute atomic E-state index is 9.46. The highest BCUT2D eigenvalue weighted by Crippen LogP contribution is 2.44. The number of allylic oxidation sites excluding steroid dienone is 5. The Morgan fingerprint density at radius 1 is 1.40 bits per heavy atom. The first-order valence-electron chi connectivity index (χ1n) is 6.75. The SMILES string of the molecule is C=C(C)C1=C(C)C(C(C)C)C(c2csc(C(=C)O)n2)=C1. The standard InChI is InChI=1S/C17H21NOS/c1-9(2)13-7-14(16(10(3)4)11(13)5)15-8-20-17(18-15)12(6)19/h7-8,10,16,19H,1,6H2,2-5H3. The van der Waals surface area contributed by atoms with Crippen LogP contribution in [0.5, 0.6) is 0 Å². The Hall–Kier alpha value is -1.61. The monoisotopic (exact) mass is 287 g/mol. The molecule has 1 heterocycles. The van der Waals surface area contributed by atoms with Crippen LogP contribution in [0.25, 0.3) is 11.3 Å². The third-order valence-corrected chi connectivity index (χ3v) is 4.59. The van der Waals surface area contributed by atoms with Gasteiger partial charge in [0.1, 0.15) is 5.76 Å². The Morgan fingerprint density at radius 3 is 2.50 bits per heavy atom. The minimum atomic E-state index is 0.0331. The van der Waals surface area contributed by atoms with Crippen molar-refractivity contribution in [3.8, 4) is 0 Å². The summed E-state index contributed by atoms with van der Waals surface area (Å²) in [5, 5.41) is 12.0. The fourth-order valence-corrected chi connectivity index (χ4v) is 3.55. The molecule has 0 radical (unpaired) electrons. The Morgan fingerprint density at radius 2 is 2.05 bits per heavy atom. The summed E-state index contributed by atoms with van der Waals surface area (Å²) in [6, 6.07) is 0. The quantitative estimate of drug-likeness (QED) is 0.769. The highest BCUT2D eigenvalue weighted by molar-refractivity contribution is 7.10. The second kappa shape index (κ2) is 5.41. The minimum Gasteiger partial charge on any atom is -0.505 e. The number of hydrogen-bond acceptors (Lipinski definition) is 3. The first kappa shape index (κ1) is 14.8. The van der Waals surface area contributed by atoms with Crippen molar-refractivity contribution in [2.75, 3.05) is 0 Å². The lowest BCUT2D eigenvalue weighted by Crippen LogP contribution is -2.10.